The van der Waals surface area contributed by atoms with Crippen LogP contribution >= 0.6 is 11.6 Å². The van der Waals surface area contributed by atoms with Gasteiger partial charge in [-0.3, -0.25) is 9.59 Å². The first kappa shape index (κ1) is 21.9. The molecular weight excluding hydrogens is 464 g/mol. The summed E-state index contributed by atoms with van der Waals surface area (Å²) in [5.74, 6) is -0.162. The Morgan fingerprint density at radius 2 is 1.79 bits per heavy atom. The minimum absolute atomic E-state index is 0.0187. The third-order valence-corrected chi connectivity index (χ3v) is 7.65. The molecule has 8 nitrogen and oxygen atoms in total. The maximum absolute atomic E-state index is 12.9. The number of amidine groups is 1. The Kier molecular flexibility index (Phi) is 5.62. The molecule has 172 valence electrons. The summed E-state index contributed by atoms with van der Waals surface area (Å²) in [5.41, 5.74) is 1.48. The number of fused-ring (bicyclic) bond motifs is 3. The van der Waals surface area contributed by atoms with Crippen molar-refractivity contribution in [3.8, 4) is 0 Å². The van der Waals surface area contributed by atoms with E-state index in [2.05, 4.69) is 15.0 Å². The van der Waals surface area contributed by atoms with Gasteiger partial charge in [0.2, 0.25) is 0 Å². The lowest BCUT2D eigenvalue weighted by atomic mass is 10.1. The summed E-state index contributed by atoms with van der Waals surface area (Å²) < 4.78 is 29.7. The van der Waals surface area contributed by atoms with E-state index in [4.69, 9.17) is 11.6 Å². The number of nitrogens with zero attached hydrogens (tertiary/aromatic N) is 2. The third-order valence-electron chi connectivity index (χ3n) is 6.00. The highest BCUT2D eigenvalue weighted by Crippen LogP contribution is 2.38. The smallest absolute Gasteiger partial charge is 0.286 e. The van der Waals surface area contributed by atoms with Gasteiger partial charge in [-0.1, -0.05) is 18.0 Å². The molecule has 2 aromatic rings. The van der Waals surface area contributed by atoms with Gasteiger partial charge in [0, 0.05) is 30.3 Å². The van der Waals surface area contributed by atoms with E-state index in [1.54, 1.807) is 24.3 Å². The molecule has 2 aliphatic heterocycles. The number of carbonyl (C=O) groups is 2. The molecule has 0 radical (unpaired) electrons. The zero-order valence-electron chi connectivity index (χ0n) is 17.8. The largest absolute Gasteiger partial charge is 0.349 e. The van der Waals surface area contributed by atoms with Crippen molar-refractivity contribution in [1.82, 2.24) is 5.32 Å². The van der Waals surface area contributed by atoms with Crippen molar-refractivity contribution in [3.05, 3.63) is 52.5 Å². The highest BCUT2D eigenvalue weighted by Gasteiger charge is 2.33. The first-order valence-electron chi connectivity index (χ1n) is 11.0. The van der Waals surface area contributed by atoms with Crippen LogP contribution in [0.2, 0.25) is 5.02 Å². The Bertz CT molecular complexity index is 1270. The molecule has 33 heavy (non-hydrogen) atoms. The average Bonchev–Trinajstić information content (AvgIpc) is 3.60. The fourth-order valence-corrected chi connectivity index (χ4v) is 5.58. The first-order valence-corrected chi connectivity index (χ1v) is 12.8. The molecule has 1 aliphatic carbocycles. The van der Waals surface area contributed by atoms with Crippen molar-refractivity contribution < 1.29 is 18.0 Å². The van der Waals surface area contributed by atoms with Crippen molar-refractivity contribution >= 4 is 50.6 Å². The second-order valence-corrected chi connectivity index (χ2v) is 10.5. The van der Waals surface area contributed by atoms with Crippen LogP contribution in [0.1, 0.15) is 59.2 Å². The maximum atomic E-state index is 12.9. The summed E-state index contributed by atoms with van der Waals surface area (Å²) >= 11 is 6.43. The van der Waals surface area contributed by atoms with Crippen LogP contribution in [0, 0.1) is 0 Å². The highest BCUT2D eigenvalue weighted by molar-refractivity contribution is 7.90. The van der Waals surface area contributed by atoms with Gasteiger partial charge in [-0.05, 0) is 62.1 Å². The Morgan fingerprint density at radius 1 is 1.03 bits per heavy atom. The molecule has 1 saturated heterocycles. The summed E-state index contributed by atoms with van der Waals surface area (Å²) in [5, 5.41) is 5.79. The lowest BCUT2D eigenvalue weighted by molar-refractivity contribution is 0.0950. The number of anilines is 2. The molecule has 0 unspecified atom stereocenters. The minimum atomic E-state index is -3.93. The Balaban J connectivity index is 1.39. The van der Waals surface area contributed by atoms with E-state index < -0.39 is 15.9 Å². The summed E-state index contributed by atoms with van der Waals surface area (Å²) in [6.45, 7) is 0.657. The molecule has 5 rings (SSSR count). The van der Waals surface area contributed by atoms with Gasteiger partial charge < -0.3 is 15.5 Å². The molecule has 1 saturated carbocycles. The summed E-state index contributed by atoms with van der Waals surface area (Å²) in [7, 11) is -3.93. The number of carbonyl (C=O) groups excluding carboxylic acids is 2. The fourth-order valence-electron chi connectivity index (χ4n) is 4.07. The van der Waals surface area contributed by atoms with Crippen molar-refractivity contribution in [1.29, 1.82) is 0 Å². The van der Waals surface area contributed by atoms with Crippen molar-refractivity contribution in [3.63, 3.8) is 0 Å². The van der Waals surface area contributed by atoms with Crippen LogP contribution < -0.4 is 15.5 Å². The zero-order valence-corrected chi connectivity index (χ0v) is 19.4. The van der Waals surface area contributed by atoms with Crippen LogP contribution in [-0.2, 0) is 10.0 Å². The molecule has 2 fully saturated rings. The van der Waals surface area contributed by atoms with Crippen LogP contribution in [0.5, 0.6) is 0 Å². The van der Waals surface area contributed by atoms with E-state index in [-0.39, 0.29) is 27.4 Å². The van der Waals surface area contributed by atoms with E-state index in [9.17, 15) is 18.0 Å². The van der Waals surface area contributed by atoms with Crippen molar-refractivity contribution in [2.45, 2.75) is 49.5 Å². The molecule has 3 aliphatic rings. The summed E-state index contributed by atoms with van der Waals surface area (Å²) in [4.78, 5) is 26.9. The summed E-state index contributed by atoms with van der Waals surface area (Å²) in [6, 6.07) is 9.59. The number of nitrogens with one attached hydrogen (secondary N) is 2. The highest BCUT2D eigenvalue weighted by atomic mass is 35.5. The van der Waals surface area contributed by atoms with E-state index in [1.807, 2.05) is 4.90 Å². The monoisotopic (exact) mass is 486 g/mol. The normalized spacial score (nSPS) is 18.9. The first-order chi connectivity index (χ1) is 15.8. The molecule has 2 N–H and O–H groups in total. The van der Waals surface area contributed by atoms with Crippen LogP contribution in [-0.4, -0.2) is 38.7 Å². The predicted molar refractivity (Wildman–Crippen MR) is 127 cm³/mol. The number of amides is 2. The SMILES string of the molecule is O=C(NC1CC1)c1ccc(NC(=O)c2cc3c(cc2Cl)N2CCCCCC2=NS3(=O)=O)cc1. The van der Waals surface area contributed by atoms with E-state index >= 15 is 0 Å². The van der Waals surface area contributed by atoms with Crippen LogP contribution in [0.15, 0.2) is 45.7 Å². The van der Waals surface area contributed by atoms with Gasteiger partial charge in [-0.15, -0.1) is 4.40 Å². The van der Waals surface area contributed by atoms with Gasteiger partial charge >= 0.3 is 0 Å². The van der Waals surface area contributed by atoms with Crippen LogP contribution in [0.25, 0.3) is 0 Å². The Hall–Kier alpha value is -2.91. The molecule has 0 atom stereocenters. The lowest BCUT2D eigenvalue weighted by Gasteiger charge is -2.30. The molecule has 2 aromatic carbocycles. The second kappa shape index (κ2) is 8.46. The van der Waals surface area contributed by atoms with E-state index in [0.717, 1.165) is 32.1 Å². The van der Waals surface area contributed by atoms with Gasteiger partial charge in [0.05, 0.1) is 16.3 Å². The topological polar surface area (TPSA) is 108 Å². The summed E-state index contributed by atoms with van der Waals surface area (Å²) in [6.07, 6.45) is 5.40. The predicted octanol–water partition coefficient (Wildman–Crippen LogP) is 3.97. The number of hydrogen-bond donors (Lipinski definition) is 2. The molecule has 0 spiro atoms. The van der Waals surface area contributed by atoms with E-state index in [0.29, 0.717) is 35.7 Å². The molecule has 2 amide bonds. The number of hydrogen-bond acceptors (Lipinski definition) is 5. The number of rotatable bonds is 4. The van der Waals surface area contributed by atoms with Gasteiger partial charge in [0.15, 0.2) is 0 Å². The molecule has 2 heterocycles. The molecule has 0 bridgehead atoms. The van der Waals surface area contributed by atoms with Gasteiger partial charge in [-0.25, -0.2) is 0 Å². The lowest BCUT2D eigenvalue weighted by Crippen LogP contribution is -2.35. The van der Waals surface area contributed by atoms with Crippen molar-refractivity contribution in [2.24, 2.45) is 4.40 Å². The third kappa shape index (κ3) is 4.47. The zero-order chi connectivity index (χ0) is 23.2. The molecule has 10 heteroatoms. The van der Waals surface area contributed by atoms with Gasteiger partial charge in [0.1, 0.15) is 10.7 Å². The van der Waals surface area contributed by atoms with Gasteiger partial charge in [0.25, 0.3) is 21.8 Å². The molecular formula is C23H23ClN4O4S. The average molecular weight is 487 g/mol. The van der Waals surface area contributed by atoms with Gasteiger partial charge in [-0.2, -0.15) is 8.42 Å². The van der Waals surface area contributed by atoms with E-state index in [1.165, 1.54) is 12.1 Å². The Labute approximate surface area is 197 Å². The standard InChI is InChI=1S/C23H23ClN4O4S/c24-18-13-19-20(33(31,32)27-21-4-2-1-3-11-28(19)21)12-17(18)23(30)26-15-7-5-14(6-8-15)22(29)25-16-9-10-16/h5-8,12-13,16H,1-4,9-11H2,(H,25,29)(H,26,30). The number of benzene rings is 2. The number of halogens is 1. The van der Waals surface area contributed by atoms with Crippen molar-refractivity contribution in [2.75, 3.05) is 16.8 Å². The molecule has 0 aromatic heterocycles. The van der Waals surface area contributed by atoms with Crippen LogP contribution in [0.4, 0.5) is 11.4 Å². The number of sulfonamides is 1. The Morgan fingerprint density at radius 3 is 2.52 bits per heavy atom. The fraction of sp³-hybridized carbons (Fsp3) is 0.348. The quantitative estimate of drug-likeness (QED) is 0.679. The van der Waals surface area contributed by atoms with Crippen LogP contribution in [0.3, 0.4) is 0 Å². The maximum Gasteiger partial charge on any atom is 0.286 e. The second-order valence-electron chi connectivity index (χ2n) is 8.52. The minimum Gasteiger partial charge on any atom is -0.349 e.